The number of amides is 2. The maximum Gasteiger partial charge on any atom is 0.252 e. The molecule has 19 heavy (non-hydrogen) atoms. The van der Waals surface area contributed by atoms with Gasteiger partial charge in [0.25, 0.3) is 11.8 Å². The molecule has 2 bridgehead atoms. The molecule has 3 aliphatic rings. The van der Waals surface area contributed by atoms with Crippen molar-refractivity contribution in [2.75, 3.05) is 5.01 Å². The quantitative estimate of drug-likeness (QED) is 0.523. The summed E-state index contributed by atoms with van der Waals surface area (Å²) < 4.78 is 1.38. The molecule has 0 radical (unpaired) electrons. The van der Waals surface area contributed by atoms with Crippen LogP contribution in [0.1, 0.15) is 6.42 Å². The van der Waals surface area contributed by atoms with Crippen molar-refractivity contribution >= 4 is 43.7 Å². The van der Waals surface area contributed by atoms with E-state index in [1.54, 1.807) is 0 Å². The van der Waals surface area contributed by atoms with Crippen LogP contribution in [-0.4, -0.2) is 36.3 Å². The molecule has 100 valence electrons. The largest absolute Gasteiger partial charge is 0.272 e. The Kier molecular flexibility index (Phi) is 2.45. The van der Waals surface area contributed by atoms with Gasteiger partial charge in [-0.1, -0.05) is 31.9 Å². The topological polar surface area (TPSA) is 68.1 Å². The highest BCUT2D eigenvalue weighted by atomic mass is 79.9. The summed E-state index contributed by atoms with van der Waals surface area (Å²) in [6.07, 6.45) is 3.71. The molecule has 4 rings (SSSR count). The van der Waals surface area contributed by atoms with Crippen molar-refractivity contribution in [3.63, 3.8) is 0 Å². The Morgan fingerprint density at radius 3 is 1.95 bits per heavy atom. The molecule has 0 aromatic carbocycles. The summed E-state index contributed by atoms with van der Waals surface area (Å²) in [6.45, 7) is 0. The summed E-state index contributed by atoms with van der Waals surface area (Å²) in [5, 5.41) is 8.52. The molecule has 8 heteroatoms. The number of fused-ring (bicyclic) bond motifs is 5. The fourth-order valence-corrected chi connectivity index (χ4v) is 5.73. The van der Waals surface area contributed by atoms with Gasteiger partial charge in [-0.2, -0.15) is 5.01 Å². The van der Waals surface area contributed by atoms with E-state index in [0.29, 0.717) is 0 Å². The van der Waals surface area contributed by atoms with Crippen molar-refractivity contribution in [2.45, 2.75) is 16.1 Å². The molecular weight excluding hydrogens is 380 g/mol. The molecule has 2 heterocycles. The summed E-state index contributed by atoms with van der Waals surface area (Å²) >= 11 is 7.31. The molecule has 0 N–H and O–H groups in total. The van der Waals surface area contributed by atoms with E-state index >= 15 is 0 Å². The first kappa shape index (κ1) is 12.0. The van der Waals surface area contributed by atoms with Crippen LogP contribution in [0, 0.1) is 23.7 Å². The van der Waals surface area contributed by atoms with E-state index in [4.69, 9.17) is 0 Å². The van der Waals surface area contributed by atoms with Crippen LogP contribution in [0.15, 0.2) is 12.7 Å². The van der Waals surface area contributed by atoms with E-state index in [-0.39, 0.29) is 45.1 Å². The average molecular weight is 390 g/mol. The molecule has 3 fully saturated rings. The highest BCUT2D eigenvalue weighted by Gasteiger charge is 2.66. The van der Waals surface area contributed by atoms with Crippen LogP contribution < -0.4 is 5.01 Å². The van der Waals surface area contributed by atoms with Gasteiger partial charge in [0.05, 0.1) is 11.8 Å². The molecule has 1 aromatic rings. The van der Waals surface area contributed by atoms with Crippen LogP contribution in [0.3, 0.4) is 0 Å². The molecule has 1 saturated heterocycles. The second-order valence-corrected chi connectivity index (χ2v) is 7.45. The SMILES string of the molecule is O=C1[C@H]2[C@@H]3C[C@@H]([C@@H](Br)[C@@H]3Br)[C@@H]2C(=O)N1n1cnnc1. The zero-order valence-electron chi connectivity index (χ0n) is 9.69. The molecule has 1 aromatic heterocycles. The lowest BCUT2D eigenvalue weighted by Crippen LogP contribution is -2.41. The lowest BCUT2D eigenvalue weighted by atomic mass is 9.81. The van der Waals surface area contributed by atoms with Gasteiger partial charge in [-0.15, -0.1) is 10.2 Å². The highest BCUT2D eigenvalue weighted by Crippen LogP contribution is 2.59. The van der Waals surface area contributed by atoms with Gasteiger partial charge in [0.2, 0.25) is 0 Å². The van der Waals surface area contributed by atoms with Crippen LogP contribution in [0.5, 0.6) is 0 Å². The van der Waals surface area contributed by atoms with Crippen LogP contribution in [0.2, 0.25) is 0 Å². The molecule has 1 aliphatic heterocycles. The number of alkyl halides is 2. The van der Waals surface area contributed by atoms with Gasteiger partial charge in [-0.05, 0) is 18.3 Å². The lowest BCUT2D eigenvalue weighted by Gasteiger charge is -2.28. The van der Waals surface area contributed by atoms with E-state index in [1.807, 2.05) is 0 Å². The van der Waals surface area contributed by atoms with Gasteiger partial charge in [-0.25, -0.2) is 4.68 Å². The summed E-state index contributed by atoms with van der Waals surface area (Å²) in [5.41, 5.74) is 0. The molecule has 0 unspecified atom stereocenters. The van der Waals surface area contributed by atoms with Gasteiger partial charge in [-0.3, -0.25) is 9.59 Å². The average Bonchev–Trinajstić information content (AvgIpc) is 3.10. The first-order chi connectivity index (χ1) is 9.11. The Hall–Kier alpha value is -0.760. The normalized spacial score (nSPS) is 44.2. The first-order valence-corrected chi connectivity index (χ1v) is 7.95. The summed E-state index contributed by atoms with van der Waals surface area (Å²) in [7, 11) is 0. The van der Waals surface area contributed by atoms with Crippen LogP contribution in [-0.2, 0) is 9.59 Å². The maximum atomic E-state index is 12.5. The fraction of sp³-hybridized carbons (Fsp3) is 0.636. The van der Waals surface area contributed by atoms with E-state index in [0.717, 1.165) is 6.42 Å². The third kappa shape index (κ3) is 1.36. The lowest BCUT2D eigenvalue weighted by molar-refractivity contribution is -0.125. The standard InChI is InChI=1S/C11H10Br2N4O2/c12-8-4-1-5(9(8)13)7-6(4)10(18)17(11(7)19)16-2-14-15-3-16/h2-9H,1H2/t4-,5+,6-,7-,8+,9+/m0/s1. The molecular formula is C11H10Br2N4O2. The zero-order valence-corrected chi connectivity index (χ0v) is 12.9. The Bertz CT molecular complexity index is 531. The second-order valence-electron chi connectivity index (χ2n) is 5.33. The summed E-state index contributed by atoms with van der Waals surface area (Å²) in [6, 6.07) is 0. The Balaban J connectivity index is 1.76. The minimum Gasteiger partial charge on any atom is -0.272 e. The molecule has 2 aliphatic carbocycles. The van der Waals surface area contributed by atoms with Crippen molar-refractivity contribution in [1.29, 1.82) is 0 Å². The Morgan fingerprint density at radius 2 is 1.47 bits per heavy atom. The third-order valence-corrected chi connectivity index (χ3v) is 7.81. The maximum absolute atomic E-state index is 12.5. The smallest absolute Gasteiger partial charge is 0.252 e. The van der Waals surface area contributed by atoms with Gasteiger partial charge in [0.15, 0.2) is 0 Å². The predicted octanol–water partition coefficient (Wildman–Crippen LogP) is 0.692. The highest BCUT2D eigenvalue weighted by molar-refractivity contribution is 9.12. The molecule has 2 amide bonds. The first-order valence-electron chi connectivity index (χ1n) is 6.12. The van der Waals surface area contributed by atoms with E-state index < -0.39 is 0 Å². The monoisotopic (exact) mass is 388 g/mol. The van der Waals surface area contributed by atoms with E-state index in [9.17, 15) is 9.59 Å². The van der Waals surface area contributed by atoms with Crippen LogP contribution in [0.4, 0.5) is 0 Å². The van der Waals surface area contributed by atoms with Gasteiger partial charge in [0, 0.05) is 9.65 Å². The second kappa shape index (κ2) is 3.88. The number of hydrogen-bond donors (Lipinski definition) is 0. The number of carbonyl (C=O) groups excluding carboxylic acids is 2. The van der Waals surface area contributed by atoms with Crippen LogP contribution in [0.25, 0.3) is 0 Å². The van der Waals surface area contributed by atoms with E-state index in [1.165, 1.54) is 22.3 Å². The molecule has 6 atom stereocenters. The van der Waals surface area contributed by atoms with Gasteiger partial charge in [0.1, 0.15) is 12.7 Å². The Morgan fingerprint density at radius 1 is 1.00 bits per heavy atom. The number of carbonyl (C=O) groups is 2. The number of rotatable bonds is 1. The molecule has 0 spiro atoms. The summed E-state index contributed by atoms with van der Waals surface area (Å²) in [5.74, 6) is -0.164. The van der Waals surface area contributed by atoms with Crippen molar-refractivity contribution in [1.82, 2.24) is 14.9 Å². The number of nitrogens with zero attached hydrogens (tertiary/aromatic N) is 4. The zero-order chi connectivity index (χ0) is 13.3. The minimum atomic E-state index is -0.196. The Labute approximate surface area is 125 Å². The number of hydrogen-bond acceptors (Lipinski definition) is 4. The molecule has 6 nitrogen and oxygen atoms in total. The minimum absolute atomic E-state index is 0.119. The predicted molar refractivity (Wildman–Crippen MR) is 72.3 cm³/mol. The van der Waals surface area contributed by atoms with Gasteiger partial charge >= 0.3 is 0 Å². The number of halogens is 2. The van der Waals surface area contributed by atoms with E-state index in [2.05, 4.69) is 42.1 Å². The van der Waals surface area contributed by atoms with Gasteiger partial charge < -0.3 is 0 Å². The van der Waals surface area contributed by atoms with Crippen molar-refractivity contribution in [3.05, 3.63) is 12.7 Å². The summed E-state index contributed by atoms with van der Waals surface area (Å²) in [4.78, 5) is 25.6. The fourth-order valence-electron chi connectivity index (χ4n) is 3.86. The third-order valence-electron chi connectivity index (χ3n) is 4.60. The van der Waals surface area contributed by atoms with Crippen molar-refractivity contribution in [2.24, 2.45) is 23.7 Å². The molecule has 2 saturated carbocycles. The number of aromatic nitrogens is 3. The van der Waals surface area contributed by atoms with Crippen molar-refractivity contribution < 1.29 is 9.59 Å². The number of imide groups is 1. The van der Waals surface area contributed by atoms with Crippen molar-refractivity contribution in [3.8, 4) is 0 Å². The van der Waals surface area contributed by atoms with Crippen LogP contribution >= 0.6 is 31.9 Å².